The topological polar surface area (TPSA) is 90.9 Å². The molecule has 9 heteroatoms. The van der Waals surface area contributed by atoms with Crippen molar-refractivity contribution in [3.05, 3.63) is 75.1 Å². The Morgan fingerprint density at radius 3 is 2.79 bits per heavy atom. The second kappa shape index (κ2) is 7.44. The van der Waals surface area contributed by atoms with Crippen LogP contribution in [0.1, 0.15) is 10.6 Å². The van der Waals surface area contributed by atoms with Crippen molar-refractivity contribution >= 4 is 44.4 Å². The van der Waals surface area contributed by atoms with E-state index in [1.54, 1.807) is 24.3 Å². The second-order valence-corrected chi connectivity index (χ2v) is 7.06. The van der Waals surface area contributed by atoms with Crippen LogP contribution in [0.15, 0.2) is 62.7 Å². The van der Waals surface area contributed by atoms with Crippen molar-refractivity contribution in [2.75, 3.05) is 7.11 Å². The van der Waals surface area contributed by atoms with Gasteiger partial charge >= 0.3 is 11.9 Å². The van der Waals surface area contributed by atoms with Gasteiger partial charge in [0.1, 0.15) is 17.9 Å². The molecule has 0 aliphatic rings. The Morgan fingerprint density at radius 1 is 1.21 bits per heavy atom. The molecule has 29 heavy (non-hydrogen) atoms. The smallest absolute Gasteiger partial charge is 0.325 e. The zero-order valence-corrected chi connectivity index (χ0v) is 15.9. The minimum absolute atomic E-state index is 0.150. The SMILES string of the molecule is COC(=O)Cn1c(=NC(=O)c2cc(=O)c3ccccc3o2)sc2cc(F)ccc21. The number of fused-ring (bicyclic) bond motifs is 2. The van der Waals surface area contributed by atoms with Crippen molar-refractivity contribution in [3.63, 3.8) is 0 Å². The molecule has 0 saturated carbocycles. The second-order valence-electron chi connectivity index (χ2n) is 6.05. The van der Waals surface area contributed by atoms with E-state index < -0.39 is 17.7 Å². The summed E-state index contributed by atoms with van der Waals surface area (Å²) in [4.78, 5) is 40.8. The predicted molar refractivity (Wildman–Crippen MR) is 104 cm³/mol. The van der Waals surface area contributed by atoms with E-state index in [-0.39, 0.29) is 28.1 Å². The highest BCUT2D eigenvalue weighted by Gasteiger charge is 2.15. The molecule has 0 spiro atoms. The van der Waals surface area contributed by atoms with Crippen LogP contribution in [0, 0.1) is 5.82 Å². The van der Waals surface area contributed by atoms with Gasteiger partial charge in [-0.05, 0) is 30.3 Å². The number of amides is 1. The minimum Gasteiger partial charge on any atom is -0.468 e. The number of ether oxygens (including phenoxy) is 1. The van der Waals surface area contributed by atoms with Gasteiger partial charge in [-0.15, -0.1) is 0 Å². The number of thiazole rings is 1. The lowest BCUT2D eigenvalue weighted by Gasteiger charge is -2.03. The van der Waals surface area contributed by atoms with Gasteiger partial charge in [0, 0.05) is 6.07 Å². The maximum Gasteiger partial charge on any atom is 0.325 e. The van der Waals surface area contributed by atoms with Crippen LogP contribution in [0.2, 0.25) is 0 Å². The number of carbonyl (C=O) groups excluding carboxylic acids is 2. The standard InChI is InChI=1S/C20H13FN2O5S/c1-27-18(25)10-23-13-7-6-11(21)8-17(13)29-20(23)22-19(26)16-9-14(24)12-4-2-3-5-15(12)28-16/h2-9H,10H2,1H3. The summed E-state index contributed by atoms with van der Waals surface area (Å²) in [5.74, 6) is -2.04. The number of para-hydroxylation sites is 1. The Morgan fingerprint density at radius 2 is 2.00 bits per heavy atom. The fraction of sp³-hybridized carbons (Fsp3) is 0.100. The van der Waals surface area contributed by atoms with Gasteiger partial charge in [-0.2, -0.15) is 4.99 Å². The van der Waals surface area contributed by atoms with Crippen LogP contribution in [0.5, 0.6) is 0 Å². The normalized spacial score (nSPS) is 11.9. The van der Waals surface area contributed by atoms with Crippen LogP contribution in [0.4, 0.5) is 4.39 Å². The number of hydrogen-bond donors (Lipinski definition) is 0. The van der Waals surface area contributed by atoms with Crippen LogP contribution >= 0.6 is 11.3 Å². The highest BCUT2D eigenvalue weighted by atomic mass is 32.1. The quantitative estimate of drug-likeness (QED) is 0.483. The molecule has 146 valence electrons. The number of halogens is 1. The first-order chi connectivity index (χ1) is 14.0. The lowest BCUT2D eigenvalue weighted by molar-refractivity contribution is -0.141. The van der Waals surface area contributed by atoms with Gasteiger partial charge in [-0.3, -0.25) is 14.4 Å². The predicted octanol–water partition coefficient (Wildman–Crippen LogP) is 2.86. The zero-order valence-electron chi connectivity index (χ0n) is 15.0. The highest BCUT2D eigenvalue weighted by Crippen LogP contribution is 2.19. The summed E-state index contributed by atoms with van der Waals surface area (Å²) in [5, 5.41) is 0.349. The van der Waals surface area contributed by atoms with Gasteiger partial charge in [0.15, 0.2) is 16.0 Å². The molecule has 0 aliphatic carbocycles. The number of hydrogen-bond acceptors (Lipinski definition) is 6. The molecular weight excluding hydrogens is 399 g/mol. The third-order valence-electron chi connectivity index (χ3n) is 4.20. The van der Waals surface area contributed by atoms with E-state index in [0.717, 1.165) is 17.4 Å². The van der Waals surface area contributed by atoms with Gasteiger partial charge in [-0.1, -0.05) is 23.5 Å². The molecule has 0 unspecified atom stereocenters. The van der Waals surface area contributed by atoms with Crippen molar-refractivity contribution in [2.45, 2.75) is 6.54 Å². The molecule has 0 aliphatic heterocycles. The van der Waals surface area contributed by atoms with Crippen molar-refractivity contribution in [2.24, 2.45) is 4.99 Å². The van der Waals surface area contributed by atoms with Gasteiger partial charge in [0.2, 0.25) is 0 Å². The summed E-state index contributed by atoms with van der Waals surface area (Å²) < 4.78 is 25.7. The monoisotopic (exact) mass is 412 g/mol. The number of benzene rings is 2. The van der Waals surface area contributed by atoms with Crippen LogP contribution in [0.25, 0.3) is 21.2 Å². The maximum absolute atomic E-state index is 13.6. The van der Waals surface area contributed by atoms with Crippen LogP contribution in [0.3, 0.4) is 0 Å². The van der Waals surface area contributed by atoms with E-state index in [1.165, 1.54) is 29.9 Å². The number of nitrogens with zero attached hydrogens (tertiary/aromatic N) is 2. The van der Waals surface area contributed by atoms with Gasteiger partial charge in [-0.25, -0.2) is 4.39 Å². The number of carbonyl (C=O) groups is 2. The van der Waals surface area contributed by atoms with Crippen molar-refractivity contribution in [1.29, 1.82) is 0 Å². The molecule has 0 atom stereocenters. The summed E-state index contributed by atoms with van der Waals surface area (Å²) in [6.07, 6.45) is 0. The van der Waals surface area contributed by atoms with E-state index in [2.05, 4.69) is 9.73 Å². The van der Waals surface area contributed by atoms with Gasteiger partial charge in [0.25, 0.3) is 0 Å². The molecule has 0 radical (unpaired) electrons. The number of methoxy groups -OCH3 is 1. The Bertz CT molecular complexity index is 1400. The highest BCUT2D eigenvalue weighted by molar-refractivity contribution is 7.16. The molecule has 0 bridgehead atoms. The van der Waals surface area contributed by atoms with Crippen molar-refractivity contribution in [3.8, 4) is 0 Å². The fourth-order valence-electron chi connectivity index (χ4n) is 2.83. The Balaban J connectivity index is 1.87. The summed E-state index contributed by atoms with van der Waals surface area (Å²) >= 11 is 1.03. The molecule has 2 aromatic heterocycles. The van der Waals surface area contributed by atoms with Gasteiger partial charge < -0.3 is 13.7 Å². The average molecular weight is 412 g/mol. The molecule has 4 rings (SSSR count). The third kappa shape index (κ3) is 3.59. The summed E-state index contributed by atoms with van der Waals surface area (Å²) in [7, 11) is 1.24. The summed E-state index contributed by atoms with van der Waals surface area (Å²) in [6.45, 7) is -0.212. The van der Waals surface area contributed by atoms with E-state index in [1.807, 2.05) is 0 Å². The van der Waals surface area contributed by atoms with E-state index in [9.17, 15) is 18.8 Å². The number of aromatic nitrogens is 1. The van der Waals surface area contributed by atoms with Crippen molar-refractivity contribution in [1.82, 2.24) is 4.57 Å². The number of rotatable bonds is 3. The largest absolute Gasteiger partial charge is 0.468 e. The number of esters is 1. The molecule has 7 nitrogen and oxygen atoms in total. The molecule has 0 fully saturated rings. The molecular formula is C20H13FN2O5S. The molecule has 4 aromatic rings. The first kappa shape index (κ1) is 18.8. The van der Waals surface area contributed by atoms with Crippen LogP contribution in [-0.2, 0) is 16.1 Å². The first-order valence-electron chi connectivity index (χ1n) is 8.44. The fourth-order valence-corrected chi connectivity index (χ4v) is 3.88. The van der Waals surface area contributed by atoms with E-state index >= 15 is 0 Å². The molecule has 2 aromatic carbocycles. The Hall–Kier alpha value is -3.59. The molecule has 1 amide bonds. The summed E-state index contributed by atoms with van der Waals surface area (Å²) in [5.41, 5.74) is 0.416. The van der Waals surface area contributed by atoms with Gasteiger partial charge in [0.05, 0.1) is 22.7 Å². The lowest BCUT2D eigenvalue weighted by atomic mass is 10.2. The lowest BCUT2D eigenvalue weighted by Crippen LogP contribution is -2.22. The first-order valence-corrected chi connectivity index (χ1v) is 9.25. The Kier molecular flexibility index (Phi) is 4.81. The average Bonchev–Trinajstić information content (AvgIpc) is 3.03. The third-order valence-corrected chi connectivity index (χ3v) is 5.24. The minimum atomic E-state index is -0.793. The Labute approximate surface area is 166 Å². The molecule has 2 heterocycles. The molecule has 0 N–H and O–H groups in total. The van der Waals surface area contributed by atoms with Crippen molar-refractivity contribution < 1.29 is 23.1 Å². The summed E-state index contributed by atoms with van der Waals surface area (Å²) in [6, 6.07) is 11.6. The zero-order chi connectivity index (χ0) is 20.5. The van der Waals surface area contributed by atoms with E-state index in [0.29, 0.717) is 15.6 Å². The van der Waals surface area contributed by atoms with Crippen LogP contribution in [-0.4, -0.2) is 23.6 Å². The maximum atomic E-state index is 13.6. The van der Waals surface area contributed by atoms with E-state index in [4.69, 9.17) is 4.42 Å². The van der Waals surface area contributed by atoms with Crippen LogP contribution < -0.4 is 10.2 Å². The molecule has 0 saturated heterocycles.